The summed E-state index contributed by atoms with van der Waals surface area (Å²) in [6.07, 6.45) is 0. The summed E-state index contributed by atoms with van der Waals surface area (Å²) < 4.78 is 5.26. The molecule has 0 saturated heterocycles. The first-order chi connectivity index (χ1) is 6.17. The fourth-order valence-electron chi connectivity index (χ4n) is 1.25. The van der Waals surface area contributed by atoms with Gasteiger partial charge in [0.05, 0.1) is 6.61 Å². The van der Waals surface area contributed by atoms with E-state index in [9.17, 15) is 0 Å². The third kappa shape index (κ3) is 6.39. The summed E-state index contributed by atoms with van der Waals surface area (Å²) in [5.41, 5.74) is 0.492. The van der Waals surface area contributed by atoms with E-state index in [0.29, 0.717) is 11.3 Å². The molecule has 1 unspecified atom stereocenters. The predicted molar refractivity (Wildman–Crippen MR) is 62.6 cm³/mol. The van der Waals surface area contributed by atoms with E-state index in [1.165, 1.54) is 0 Å². The normalized spacial score (nSPS) is 15.6. The van der Waals surface area contributed by atoms with Crippen molar-refractivity contribution < 1.29 is 4.74 Å². The van der Waals surface area contributed by atoms with Gasteiger partial charge in [0.1, 0.15) is 0 Å². The van der Waals surface area contributed by atoms with Crippen LogP contribution in [0.5, 0.6) is 0 Å². The van der Waals surface area contributed by atoms with E-state index in [0.717, 1.165) is 13.2 Å². The standard InChI is InChI=1S/C12H27NO/c1-11(2,3)10(9-14-7)8-13-12(4,5)6/h10,13H,8-9H2,1-7H3. The molecule has 14 heavy (non-hydrogen) atoms. The predicted octanol–water partition coefficient (Wildman–Crippen LogP) is 2.68. The largest absolute Gasteiger partial charge is 0.384 e. The van der Waals surface area contributed by atoms with Crippen molar-refractivity contribution in [1.29, 1.82) is 0 Å². The molecule has 0 aliphatic carbocycles. The van der Waals surface area contributed by atoms with Crippen LogP contribution in [-0.4, -0.2) is 25.8 Å². The average molecular weight is 201 g/mol. The molecule has 2 heteroatoms. The zero-order chi connectivity index (χ0) is 11.4. The third-order valence-corrected chi connectivity index (χ3v) is 2.47. The van der Waals surface area contributed by atoms with Crippen molar-refractivity contribution in [2.75, 3.05) is 20.3 Å². The molecule has 0 aromatic rings. The van der Waals surface area contributed by atoms with E-state index in [1.54, 1.807) is 7.11 Å². The molecular formula is C12H27NO. The Bertz CT molecular complexity index is 153. The Balaban J connectivity index is 4.12. The maximum atomic E-state index is 5.26. The summed E-state index contributed by atoms with van der Waals surface area (Å²) >= 11 is 0. The van der Waals surface area contributed by atoms with Gasteiger partial charge >= 0.3 is 0 Å². The molecule has 0 saturated carbocycles. The van der Waals surface area contributed by atoms with Crippen LogP contribution in [0.1, 0.15) is 41.5 Å². The molecular weight excluding hydrogens is 174 g/mol. The first-order valence-electron chi connectivity index (χ1n) is 5.41. The van der Waals surface area contributed by atoms with Crippen LogP contribution in [0, 0.1) is 11.3 Å². The smallest absolute Gasteiger partial charge is 0.0507 e. The number of ether oxygens (including phenoxy) is 1. The fourth-order valence-corrected chi connectivity index (χ4v) is 1.25. The minimum absolute atomic E-state index is 0.192. The molecule has 0 spiro atoms. The lowest BCUT2D eigenvalue weighted by Crippen LogP contribution is -2.43. The van der Waals surface area contributed by atoms with Crippen molar-refractivity contribution in [3.63, 3.8) is 0 Å². The Labute approximate surface area is 89.4 Å². The fraction of sp³-hybridized carbons (Fsp3) is 1.00. The van der Waals surface area contributed by atoms with Gasteiger partial charge in [0.2, 0.25) is 0 Å². The zero-order valence-corrected chi connectivity index (χ0v) is 10.9. The van der Waals surface area contributed by atoms with Gasteiger partial charge in [-0.2, -0.15) is 0 Å². The maximum absolute atomic E-state index is 5.26. The summed E-state index contributed by atoms with van der Waals surface area (Å²) in [5.74, 6) is 0.562. The molecule has 86 valence electrons. The minimum Gasteiger partial charge on any atom is -0.384 e. The molecule has 0 aliphatic rings. The summed E-state index contributed by atoms with van der Waals surface area (Å²) in [5, 5.41) is 3.53. The highest BCUT2D eigenvalue weighted by Crippen LogP contribution is 2.25. The Morgan fingerprint density at radius 3 is 1.86 bits per heavy atom. The molecule has 0 bridgehead atoms. The van der Waals surface area contributed by atoms with Gasteiger partial charge in [0.15, 0.2) is 0 Å². The topological polar surface area (TPSA) is 21.3 Å². The van der Waals surface area contributed by atoms with Gasteiger partial charge in [-0.1, -0.05) is 20.8 Å². The van der Waals surface area contributed by atoms with Gasteiger partial charge in [0, 0.05) is 19.2 Å². The quantitative estimate of drug-likeness (QED) is 0.755. The van der Waals surface area contributed by atoms with Crippen molar-refractivity contribution in [1.82, 2.24) is 5.32 Å². The third-order valence-electron chi connectivity index (χ3n) is 2.47. The number of hydrogen-bond donors (Lipinski definition) is 1. The van der Waals surface area contributed by atoms with Crippen molar-refractivity contribution in [3.05, 3.63) is 0 Å². The first kappa shape index (κ1) is 13.9. The number of hydrogen-bond acceptors (Lipinski definition) is 2. The van der Waals surface area contributed by atoms with Gasteiger partial charge in [-0.25, -0.2) is 0 Å². The lowest BCUT2D eigenvalue weighted by atomic mass is 9.81. The van der Waals surface area contributed by atoms with Gasteiger partial charge in [0.25, 0.3) is 0 Å². The molecule has 1 N–H and O–H groups in total. The molecule has 0 aliphatic heterocycles. The minimum atomic E-state index is 0.192. The van der Waals surface area contributed by atoms with E-state index in [1.807, 2.05) is 0 Å². The van der Waals surface area contributed by atoms with Crippen LogP contribution in [-0.2, 0) is 4.74 Å². The number of nitrogens with one attached hydrogen (secondary N) is 1. The lowest BCUT2D eigenvalue weighted by Gasteiger charge is -2.33. The highest BCUT2D eigenvalue weighted by Gasteiger charge is 2.25. The maximum Gasteiger partial charge on any atom is 0.0507 e. The highest BCUT2D eigenvalue weighted by atomic mass is 16.5. The Kier molecular flexibility index (Phi) is 5.10. The van der Waals surface area contributed by atoms with Crippen molar-refractivity contribution >= 4 is 0 Å². The van der Waals surface area contributed by atoms with Crippen LogP contribution >= 0.6 is 0 Å². The lowest BCUT2D eigenvalue weighted by molar-refractivity contribution is 0.0852. The number of methoxy groups -OCH3 is 1. The Morgan fingerprint density at radius 2 is 1.57 bits per heavy atom. The molecule has 2 nitrogen and oxygen atoms in total. The highest BCUT2D eigenvalue weighted by molar-refractivity contribution is 4.79. The molecule has 0 radical (unpaired) electrons. The van der Waals surface area contributed by atoms with E-state index >= 15 is 0 Å². The molecule has 0 aromatic heterocycles. The molecule has 0 amide bonds. The van der Waals surface area contributed by atoms with E-state index < -0.39 is 0 Å². The summed E-state index contributed by atoms with van der Waals surface area (Å²) in [4.78, 5) is 0. The Hall–Kier alpha value is -0.0800. The van der Waals surface area contributed by atoms with E-state index in [-0.39, 0.29) is 5.54 Å². The monoisotopic (exact) mass is 201 g/mol. The second kappa shape index (κ2) is 5.13. The van der Waals surface area contributed by atoms with Gasteiger partial charge in [-0.15, -0.1) is 0 Å². The van der Waals surface area contributed by atoms with Crippen molar-refractivity contribution in [3.8, 4) is 0 Å². The van der Waals surface area contributed by atoms with Crippen LogP contribution in [0.3, 0.4) is 0 Å². The summed E-state index contributed by atoms with van der Waals surface area (Å²) in [6.45, 7) is 15.2. The van der Waals surface area contributed by atoms with Gasteiger partial charge in [-0.05, 0) is 32.1 Å². The number of rotatable bonds is 4. The molecule has 0 rings (SSSR count). The molecule has 0 aromatic carbocycles. The SMILES string of the molecule is COCC(CNC(C)(C)C)C(C)(C)C. The van der Waals surface area contributed by atoms with Gasteiger partial charge in [-0.3, -0.25) is 0 Å². The Morgan fingerprint density at radius 1 is 1.07 bits per heavy atom. The van der Waals surface area contributed by atoms with E-state index in [2.05, 4.69) is 46.9 Å². The second-order valence-corrected chi connectivity index (χ2v) is 6.15. The van der Waals surface area contributed by atoms with Crippen LogP contribution in [0.2, 0.25) is 0 Å². The first-order valence-corrected chi connectivity index (χ1v) is 5.41. The average Bonchev–Trinajstić information content (AvgIpc) is 1.93. The second-order valence-electron chi connectivity index (χ2n) is 6.15. The molecule has 0 heterocycles. The van der Waals surface area contributed by atoms with Crippen LogP contribution in [0.25, 0.3) is 0 Å². The van der Waals surface area contributed by atoms with Crippen LogP contribution < -0.4 is 5.32 Å². The van der Waals surface area contributed by atoms with Crippen molar-refractivity contribution in [2.45, 2.75) is 47.1 Å². The molecule has 1 atom stereocenters. The van der Waals surface area contributed by atoms with Crippen LogP contribution in [0.15, 0.2) is 0 Å². The van der Waals surface area contributed by atoms with Crippen LogP contribution in [0.4, 0.5) is 0 Å². The van der Waals surface area contributed by atoms with E-state index in [4.69, 9.17) is 4.74 Å². The summed E-state index contributed by atoms with van der Waals surface area (Å²) in [6, 6.07) is 0. The molecule has 0 fully saturated rings. The summed E-state index contributed by atoms with van der Waals surface area (Å²) in [7, 11) is 1.77. The van der Waals surface area contributed by atoms with Crippen molar-refractivity contribution in [2.24, 2.45) is 11.3 Å². The van der Waals surface area contributed by atoms with Gasteiger partial charge < -0.3 is 10.1 Å². The zero-order valence-electron chi connectivity index (χ0n) is 10.9.